The number of aromatic nitrogens is 1. The minimum absolute atomic E-state index is 0.0754. The largest absolute Gasteiger partial charge is 0.481 e. The molecule has 4 aromatic rings. The van der Waals surface area contributed by atoms with Gasteiger partial charge in [0.25, 0.3) is 5.91 Å². The van der Waals surface area contributed by atoms with Crippen LogP contribution in [0.2, 0.25) is 0 Å². The number of hydrogen-bond donors (Lipinski definition) is 2. The molecule has 0 saturated heterocycles. The van der Waals surface area contributed by atoms with Gasteiger partial charge >= 0.3 is 5.97 Å². The van der Waals surface area contributed by atoms with Crippen LogP contribution in [0.5, 0.6) is 0 Å². The average Bonchev–Trinajstić information content (AvgIpc) is 3.20. The summed E-state index contributed by atoms with van der Waals surface area (Å²) < 4.78 is 2.13. The normalized spacial score (nSPS) is 22.6. The number of nitrogens with zero attached hydrogens (tertiary/aromatic N) is 1. The van der Waals surface area contributed by atoms with Gasteiger partial charge in [-0.3, -0.25) is 9.59 Å². The number of amides is 1. The fraction of sp³-hybridized carbons (Fsp3) is 0.241. The Kier molecular flexibility index (Phi) is 4.63. The minimum atomic E-state index is -0.751. The Morgan fingerprint density at radius 3 is 2.26 bits per heavy atom. The number of carboxylic acids is 1. The molecule has 0 radical (unpaired) electrons. The zero-order valence-electron chi connectivity index (χ0n) is 18.8. The number of nitrogens with one attached hydrogen (secondary N) is 1. The zero-order valence-corrected chi connectivity index (χ0v) is 18.8. The van der Waals surface area contributed by atoms with Crippen molar-refractivity contribution in [3.63, 3.8) is 0 Å². The van der Waals surface area contributed by atoms with Gasteiger partial charge in [-0.15, -0.1) is 0 Å². The van der Waals surface area contributed by atoms with Crippen molar-refractivity contribution in [3.05, 3.63) is 96.2 Å². The Balaban J connectivity index is 1.22. The molecule has 170 valence electrons. The molecule has 34 heavy (non-hydrogen) atoms. The van der Waals surface area contributed by atoms with E-state index in [1.54, 1.807) is 0 Å². The second kappa shape index (κ2) is 7.59. The van der Waals surface area contributed by atoms with Crippen LogP contribution in [0.4, 0.5) is 0 Å². The van der Waals surface area contributed by atoms with E-state index >= 15 is 0 Å². The van der Waals surface area contributed by atoms with E-state index in [4.69, 9.17) is 5.11 Å². The lowest BCUT2D eigenvalue weighted by molar-refractivity contribution is -0.172. The molecule has 7 rings (SSSR count). The highest BCUT2D eigenvalue weighted by atomic mass is 16.4. The van der Waals surface area contributed by atoms with Crippen LogP contribution in [0.3, 0.4) is 0 Å². The molecule has 1 amide bonds. The molecule has 3 fully saturated rings. The highest BCUT2D eigenvalue weighted by molar-refractivity contribution is 6.06. The third-order valence-electron chi connectivity index (χ3n) is 7.49. The van der Waals surface area contributed by atoms with Crippen LogP contribution in [0.15, 0.2) is 85.1 Å². The Bertz CT molecular complexity index is 1380. The number of fused-ring (bicyclic) bond motifs is 1. The molecule has 2 bridgehead atoms. The van der Waals surface area contributed by atoms with Crippen LogP contribution < -0.4 is 5.32 Å². The van der Waals surface area contributed by atoms with Crippen molar-refractivity contribution in [1.82, 2.24) is 9.88 Å². The Morgan fingerprint density at radius 1 is 0.853 bits per heavy atom. The summed E-state index contributed by atoms with van der Waals surface area (Å²) in [6, 6.07) is 26.8. The van der Waals surface area contributed by atoms with Crippen LogP contribution in [0, 0.1) is 5.41 Å². The van der Waals surface area contributed by atoms with Crippen molar-refractivity contribution in [2.75, 3.05) is 0 Å². The predicted molar refractivity (Wildman–Crippen MR) is 132 cm³/mol. The van der Waals surface area contributed by atoms with Crippen molar-refractivity contribution in [2.24, 2.45) is 5.41 Å². The van der Waals surface area contributed by atoms with Crippen molar-refractivity contribution >= 4 is 22.8 Å². The van der Waals surface area contributed by atoms with E-state index in [1.807, 2.05) is 48.7 Å². The van der Waals surface area contributed by atoms with Crippen LogP contribution in [-0.4, -0.2) is 27.1 Å². The first-order valence-corrected chi connectivity index (χ1v) is 11.7. The number of rotatable bonds is 7. The predicted octanol–water partition coefficient (Wildman–Crippen LogP) is 5.48. The summed E-state index contributed by atoms with van der Waals surface area (Å²) >= 11 is 0. The van der Waals surface area contributed by atoms with Gasteiger partial charge in [-0.1, -0.05) is 66.7 Å². The lowest BCUT2D eigenvalue weighted by Crippen LogP contribution is -2.75. The standard InChI is InChI=1S/C29H26N2O3/c32-25(33)15-28-17-29(18-28,19-28)30-27(34)24-8-4-7-23-13-14-31(26(23)24)16-20-9-11-22(12-10-20)21-5-2-1-3-6-21/h1-14H,15-19H2,(H,30,34)(H,32,33). The topological polar surface area (TPSA) is 71.3 Å². The molecule has 0 spiro atoms. The summed E-state index contributed by atoms with van der Waals surface area (Å²) in [5, 5.41) is 13.4. The minimum Gasteiger partial charge on any atom is -0.481 e. The molecule has 1 heterocycles. The fourth-order valence-corrected chi connectivity index (χ4v) is 6.15. The quantitative estimate of drug-likeness (QED) is 0.391. The molecule has 2 N–H and O–H groups in total. The Labute approximate surface area is 198 Å². The van der Waals surface area contributed by atoms with Crippen LogP contribution in [-0.2, 0) is 11.3 Å². The molecule has 0 unspecified atom stereocenters. The summed E-state index contributed by atoms with van der Waals surface area (Å²) in [6.07, 6.45) is 4.54. The van der Waals surface area contributed by atoms with Crippen molar-refractivity contribution in [1.29, 1.82) is 0 Å². The summed E-state index contributed by atoms with van der Waals surface area (Å²) in [4.78, 5) is 24.4. The van der Waals surface area contributed by atoms with Crippen molar-refractivity contribution in [3.8, 4) is 11.1 Å². The van der Waals surface area contributed by atoms with E-state index in [0.29, 0.717) is 12.1 Å². The highest BCUT2D eigenvalue weighted by Crippen LogP contribution is 2.69. The van der Waals surface area contributed by atoms with E-state index in [1.165, 1.54) is 16.7 Å². The number of carbonyl (C=O) groups is 2. The molecular weight excluding hydrogens is 424 g/mol. The molecule has 1 aromatic heterocycles. The third-order valence-corrected chi connectivity index (χ3v) is 7.49. The average molecular weight is 451 g/mol. The molecule has 3 aromatic carbocycles. The lowest BCUT2D eigenvalue weighted by atomic mass is 9.38. The number of benzene rings is 3. The van der Waals surface area contributed by atoms with Gasteiger partial charge in [0, 0.05) is 23.7 Å². The molecule has 0 atom stereocenters. The summed E-state index contributed by atoms with van der Waals surface area (Å²) in [5.41, 5.74) is 4.82. The summed E-state index contributed by atoms with van der Waals surface area (Å²) in [5.74, 6) is -0.826. The van der Waals surface area contributed by atoms with E-state index in [0.717, 1.165) is 30.2 Å². The Hall–Kier alpha value is -3.86. The third kappa shape index (κ3) is 3.48. The lowest BCUT2D eigenvalue weighted by Gasteiger charge is -2.70. The first kappa shape index (κ1) is 20.7. The van der Waals surface area contributed by atoms with Crippen LogP contribution >= 0.6 is 0 Å². The number of aliphatic carboxylic acids is 1. The van der Waals surface area contributed by atoms with Gasteiger partial charge in [-0.05, 0) is 53.5 Å². The molecule has 3 saturated carbocycles. The van der Waals surface area contributed by atoms with Gasteiger partial charge in [0.15, 0.2) is 0 Å². The second-order valence-corrected chi connectivity index (χ2v) is 10.1. The summed E-state index contributed by atoms with van der Waals surface area (Å²) in [7, 11) is 0. The van der Waals surface area contributed by atoms with Gasteiger partial charge in [-0.25, -0.2) is 0 Å². The molecule has 5 heteroatoms. The molecule has 3 aliphatic rings. The fourth-order valence-electron chi connectivity index (χ4n) is 6.15. The first-order valence-electron chi connectivity index (χ1n) is 11.7. The maximum absolute atomic E-state index is 13.3. The van der Waals surface area contributed by atoms with Crippen molar-refractivity contribution in [2.45, 2.75) is 37.8 Å². The SMILES string of the molecule is O=C(O)CC12CC(NC(=O)c3cccc4ccn(Cc5ccc(-c6ccccc6)cc5)c34)(C1)C2. The molecule has 0 aliphatic heterocycles. The van der Waals surface area contributed by atoms with Gasteiger partial charge < -0.3 is 15.0 Å². The van der Waals surface area contributed by atoms with Gasteiger partial charge in [0.05, 0.1) is 17.5 Å². The number of para-hydroxylation sites is 1. The maximum Gasteiger partial charge on any atom is 0.303 e. The number of hydrogen-bond acceptors (Lipinski definition) is 2. The van der Waals surface area contributed by atoms with Crippen molar-refractivity contribution < 1.29 is 14.7 Å². The van der Waals surface area contributed by atoms with Gasteiger partial charge in [0.2, 0.25) is 0 Å². The maximum atomic E-state index is 13.3. The highest BCUT2D eigenvalue weighted by Gasteiger charge is 2.68. The van der Waals surface area contributed by atoms with Crippen LogP contribution in [0.25, 0.3) is 22.0 Å². The Morgan fingerprint density at radius 2 is 1.56 bits per heavy atom. The molecular formula is C29H26N2O3. The number of carbonyl (C=O) groups excluding carboxylic acids is 1. The molecule has 5 nitrogen and oxygen atoms in total. The number of carboxylic acid groups (broad SMARTS) is 1. The van der Waals surface area contributed by atoms with Gasteiger partial charge in [-0.2, -0.15) is 0 Å². The zero-order chi connectivity index (χ0) is 23.3. The second-order valence-electron chi connectivity index (χ2n) is 10.1. The summed E-state index contributed by atoms with van der Waals surface area (Å²) in [6.45, 7) is 0.676. The first-order chi connectivity index (χ1) is 16.4. The van der Waals surface area contributed by atoms with Gasteiger partial charge in [0.1, 0.15) is 0 Å². The van der Waals surface area contributed by atoms with E-state index in [9.17, 15) is 9.59 Å². The van der Waals surface area contributed by atoms with E-state index in [-0.39, 0.29) is 23.3 Å². The molecule has 3 aliphatic carbocycles. The smallest absolute Gasteiger partial charge is 0.303 e. The van der Waals surface area contributed by atoms with Crippen LogP contribution in [0.1, 0.15) is 41.6 Å². The monoisotopic (exact) mass is 450 g/mol. The van der Waals surface area contributed by atoms with E-state index < -0.39 is 5.97 Å². The van der Waals surface area contributed by atoms with E-state index in [2.05, 4.69) is 46.3 Å².